The summed E-state index contributed by atoms with van der Waals surface area (Å²) in [6.45, 7) is 5.12. The van der Waals surface area contributed by atoms with Crippen LogP contribution in [-0.2, 0) is 22.4 Å². The average molecular weight is 478 g/mol. The molecule has 1 saturated heterocycles. The number of rotatable bonds is 7. The largest absolute Gasteiger partial charge is 0.493 e. The van der Waals surface area contributed by atoms with E-state index in [9.17, 15) is 14.7 Å². The number of morpholine rings is 1. The highest BCUT2D eigenvalue weighted by Gasteiger charge is 2.16. The number of benzene rings is 2. The monoisotopic (exact) mass is 477 g/mol. The lowest BCUT2D eigenvalue weighted by molar-refractivity contribution is -0.117. The summed E-state index contributed by atoms with van der Waals surface area (Å²) in [6.07, 6.45) is 0.935. The highest BCUT2D eigenvalue weighted by atomic mass is 16.5. The summed E-state index contributed by atoms with van der Waals surface area (Å²) in [6, 6.07) is 10.6. The van der Waals surface area contributed by atoms with Crippen LogP contribution >= 0.6 is 0 Å². The molecule has 2 aliphatic heterocycles. The maximum absolute atomic E-state index is 12.6. The fourth-order valence-electron chi connectivity index (χ4n) is 4.33. The van der Waals surface area contributed by atoms with Gasteiger partial charge in [0.15, 0.2) is 5.69 Å². The Morgan fingerprint density at radius 1 is 1.11 bits per heavy atom. The summed E-state index contributed by atoms with van der Waals surface area (Å²) in [4.78, 5) is 30.0. The first-order chi connectivity index (χ1) is 17.1. The van der Waals surface area contributed by atoms with Gasteiger partial charge in [-0.05, 0) is 35.4 Å². The molecule has 2 aliphatic rings. The number of H-pyrrole nitrogens is 1. The molecule has 0 aliphatic carbocycles. The fraction of sp³-hybridized carbons (Fsp3) is 0.360. The summed E-state index contributed by atoms with van der Waals surface area (Å²) < 4.78 is 10.8. The molecule has 3 heterocycles. The maximum Gasteiger partial charge on any atom is 0.269 e. The second-order valence-corrected chi connectivity index (χ2v) is 8.60. The van der Waals surface area contributed by atoms with Crippen LogP contribution in [-0.4, -0.2) is 72.8 Å². The molecule has 0 atom stereocenters. The molecule has 2 amide bonds. The van der Waals surface area contributed by atoms with Gasteiger partial charge in [-0.1, -0.05) is 12.1 Å². The Labute approximate surface area is 201 Å². The van der Waals surface area contributed by atoms with Gasteiger partial charge in [0, 0.05) is 43.5 Å². The van der Waals surface area contributed by atoms with E-state index in [-0.39, 0.29) is 23.9 Å². The van der Waals surface area contributed by atoms with Crippen molar-refractivity contribution < 1.29 is 24.2 Å². The topological polar surface area (TPSA) is 129 Å². The summed E-state index contributed by atoms with van der Waals surface area (Å²) in [7, 11) is 0. The minimum Gasteiger partial charge on any atom is -0.493 e. The Balaban J connectivity index is 1.21. The zero-order valence-electron chi connectivity index (χ0n) is 19.2. The number of ether oxygens (including phenoxy) is 2. The molecule has 0 bridgehead atoms. The van der Waals surface area contributed by atoms with E-state index < -0.39 is 5.91 Å². The fourth-order valence-corrected chi connectivity index (χ4v) is 4.33. The Morgan fingerprint density at radius 3 is 2.83 bits per heavy atom. The number of azo groups is 1. The number of hydrogen-bond donors (Lipinski definition) is 3. The van der Waals surface area contributed by atoms with Gasteiger partial charge in [0.05, 0.1) is 31.8 Å². The van der Waals surface area contributed by atoms with Crippen LogP contribution in [0, 0.1) is 0 Å². The Kier molecular flexibility index (Phi) is 6.73. The van der Waals surface area contributed by atoms with Gasteiger partial charge in [0.1, 0.15) is 5.75 Å². The van der Waals surface area contributed by atoms with E-state index in [4.69, 9.17) is 9.47 Å². The van der Waals surface area contributed by atoms with E-state index in [0.29, 0.717) is 29.6 Å². The third-order valence-electron chi connectivity index (χ3n) is 6.20. The Morgan fingerprint density at radius 2 is 1.97 bits per heavy atom. The second kappa shape index (κ2) is 10.2. The average Bonchev–Trinajstić information content (AvgIpc) is 3.45. The van der Waals surface area contributed by atoms with Crippen LogP contribution in [0.5, 0.6) is 11.6 Å². The van der Waals surface area contributed by atoms with Crippen molar-refractivity contribution in [2.75, 3.05) is 46.0 Å². The molecule has 0 radical (unpaired) electrons. The van der Waals surface area contributed by atoms with Crippen LogP contribution in [0.25, 0.3) is 10.9 Å². The predicted octanol–water partition coefficient (Wildman–Crippen LogP) is 2.72. The van der Waals surface area contributed by atoms with E-state index in [2.05, 4.69) is 25.4 Å². The van der Waals surface area contributed by atoms with E-state index in [1.165, 1.54) is 0 Å². The van der Waals surface area contributed by atoms with E-state index in [0.717, 1.165) is 56.1 Å². The van der Waals surface area contributed by atoms with Gasteiger partial charge in [0.2, 0.25) is 5.88 Å². The van der Waals surface area contributed by atoms with Crippen molar-refractivity contribution in [2.45, 2.75) is 12.8 Å². The van der Waals surface area contributed by atoms with Crippen LogP contribution in [0.1, 0.15) is 21.5 Å². The highest BCUT2D eigenvalue weighted by Crippen LogP contribution is 2.36. The van der Waals surface area contributed by atoms with Crippen molar-refractivity contribution >= 4 is 28.4 Å². The second-order valence-electron chi connectivity index (χ2n) is 8.60. The molecule has 0 saturated carbocycles. The molecule has 0 unspecified atom stereocenters. The van der Waals surface area contributed by atoms with Crippen LogP contribution in [0.2, 0.25) is 0 Å². The van der Waals surface area contributed by atoms with Gasteiger partial charge >= 0.3 is 0 Å². The molecule has 10 heteroatoms. The van der Waals surface area contributed by atoms with Crippen molar-refractivity contribution in [1.29, 1.82) is 0 Å². The number of hydrogen-bond acceptors (Lipinski definition) is 7. The minimum absolute atomic E-state index is 0.106. The van der Waals surface area contributed by atoms with Crippen molar-refractivity contribution in [3.05, 3.63) is 53.1 Å². The highest BCUT2D eigenvalue weighted by molar-refractivity contribution is 6.01. The molecule has 5 rings (SSSR count). The van der Waals surface area contributed by atoms with Gasteiger partial charge in [-0.2, -0.15) is 0 Å². The number of aromatic hydroxyl groups is 1. The van der Waals surface area contributed by atoms with Crippen molar-refractivity contribution in [3.63, 3.8) is 0 Å². The third kappa shape index (κ3) is 5.33. The Hall–Kier alpha value is -3.76. The first kappa shape index (κ1) is 23.0. The molecule has 35 heavy (non-hydrogen) atoms. The molecular weight excluding hydrogens is 450 g/mol. The first-order valence-electron chi connectivity index (χ1n) is 11.7. The van der Waals surface area contributed by atoms with E-state index in [1.807, 2.05) is 18.2 Å². The number of carbonyl (C=O) groups is 2. The lowest BCUT2D eigenvalue weighted by Gasteiger charge is -2.26. The summed E-state index contributed by atoms with van der Waals surface area (Å²) in [5.41, 5.74) is 3.08. The SMILES string of the molecule is O=C(Cc1ccc2c(c1)CCO2)N=Nc1c(O)[nH]c2cc(C(=O)NCCN3CCOCC3)ccc12. The summed E-state index contributed by atoms with van der Waals surface area (Å²) >= 11 is 0. The standard InChI is InChI=1S/C25H27N5O5/c31-22(14-16-1-4-21-17(13-16)5-10-35-21)28-29-23-19-3-2-18(15-20(19)27-25(23)33)24(32)26-6-7-30-8-11-34-12-9-30/h1-4,13,15,27,33H,5-12,14H2,(H,26,32). The molecule has 10 nitrogen and oxygen atoms in total. The first-order valence-corrected chi connectivity index (χ1v) is 11.7. The van der Waals surface area contributed by atoms with Gasteiger partial charge in [-0.3, -0.25) is 14.5 Å². The number of nitrogens with one attached hydrogen (secondary N) is 2. The lowest BCUT2D eigenvalue weighted by Crippen LogP contribution is -2.41. The zero-order valence-corrected chi connectivity index (χ0v) is 19.2. The van der Waals surface area contributed by atoms with Gasteiger partial charge < -0.3 is 24.9 Å². The molecule has 3 aromatic rings. The van der Waals surface area contributed by atoms with Crippen LogP contribution in [0.15, 0.2) is 46.6 Å². The van der Waals surface area contributed by atoms with Crippen molar-refractivity contribution in [3.8, 4) is 11.6 Å². The lowest BCUT2D eigenvalue weighted by atomic mass is 10.1. The smallest absolute Gasteiger partial charge is 0.269 e. The molecule has 3 N–H and O–H groups in total. The van der Waals surface area contributed by atoms with Crippen LogP contribution in [0.3, 0.4) is 0 Å². The summed E-state index contributed by atoms with van der Waals surface area (Å²) in [5, 5.41) is 21.6. The van der Waals surface area contributed by atoms with E-state index in [1.54, 1.807) is 18.2 Å². The quantitative estimate of drug-likeness (QED) is 0.449. The third-order valence-corrected chi connectivity index (χ3v) is 6.20. The number of amides is 2. The van der Waals surface area contributed by atoms with Gasteiger partial charge in [-0.25, -0.2) is 0 Å². The summed E-state index contributed by atoms with van der Waals surface area (Å²) in [5.74, 6) is 0.0222. The number of nitrogens with zero attached hydrogens (tertiary/aromatic N) is 3. The number of aromatic amines is 1. The molecular formula is C25H27N5O5. The maximum atomic E-state index is 12.6. The molecule has 0 spiro atoms. The Bertz CT molecular complexity index is 1280. The predicted molar refractivity (Wildman–Crippen MR) is 128 cm³/mol. The number of aromatic nitrogens is 1. The molecule has 1 aromatic heterocycles. The number of carbonyl (C=O) groups excluding carboxylic acids is 2. The van der Waals surface area contributed by atoms with Crippen molar-refractivity contribution in [2.24, 2.45) is 10.2 Å². The molecule has 2 aromatic carbocycles. The minimum atomic E-state index is -0.422. The zero-order chi connectivity index (χ0) is 24.2. The van der Waals surface area contributed by atoms with Crippen LogP contribution < -0.4 is 10.1 Å². The van der Waals surface area contributed by atoms with Gasteiger partial charge in [0.25, 0.3) is 11.8 Å². The van der Waals surface area contributed by atoms with Crippen molar-refractivity contribution in [1.82, 2.24) is 15.2 Å². The normalized spacial score (nSPS) is 15.9. The van der Waals surface area contributed by atoms with E-state index >= 15 is 0 Å². The number of fused-ring (bicyclic) bond motifs is 2. The van der Waals surface area contributed by atoms with Gasteiger partial charge in [-0.15, -0.1) is 10.2 Å². The van der Waals surface area contributed by atoms with Crippen LogP contribution in [0.4, 0.5) is 5.69 Å². The molecule has 1 fully saturated rings. The molecule has 182 valence electrons.